The zero-order valence-electron chi connectivity index (χ0n) is 17.4. The van der Waals surface area contributed by atoms with Crippen LogP contribution in [0.25, 0.3) is 11.0 Å². The molecule has 9 heteroatoms. The zero-order chi connectivity index (χ0) is 23.0. The van der Waals surface area contributed by atoms with Crippen LogP contribution in [0.3, 0.4) is 0 Å². The highest BCUT2D eigenvalue weighted by Crippen LogP contribution is 2.39. The highest BCUT2D eigenvalue weighted by Gasteiger charge is 2.49. The molecule has 0 saturated heterocycles. The van der Waals surface area contributed by atoms with Crippen molar-refractivity contribution in [3.63, 3.8) is 0 Å². The molecule has 2 atom stereocenters. The molecule has 2 amide bonds. The molecular weight excluding hydrogens is 436 g/mol. The van der Waals surface area contributed by atoms with Gasteiger partial charge in [0.15, 0.2) is 11.3 Å². The number of aliphatic carboxylic acids is 1. The first-order valence-electron chi connectivity index (χ1n) is 9.95. The third kappa shape index (κ3) is 3.78. The van der Waals surface area contributed by atoms with Crippen LogP contribution in [0.15, 0.2) is 52.9 Å². The summed E-state index contributed by atoms with van der Waals surface area (Å²) in [5.41, 5.74) is -0.373. The van der Waals surface area contributed by atoms with Gasteiger partial charge in [0.25, 0.3) is 5.91 Å². The van der Waals surface area contributed by atoms with Gasteiger partial charge in [-0.05, 0) is 37.6 Å². The quantitative estimate of drug-likeness (QED) is 0.606. The van der Waals surface area contributed by atoms with Crippen LogP contribution in [-0.2, 0) is 9.59 Å². The molecule has 1 aliphatic heterocycles. The molecule has 0 unspecified atom stereocenters. The van der Waals surface area contributed by atoms with E-state index < -0.39 is 29.9 Å². The van der Waals surface area contributed by atoms with Crippen LogP contribution in [0.2, 0.25) is 5.02 Å². The SMILES string of the molecule is C[C@H](NC(=O)[C@@]1(C)COc2c(oc3ccc(Cl)cc23)C(=O)N1CC(=O)O)c1ccccc1. The topological polar surface area (TPSA) is 109 Å². The van der Waals surface area contributed by atoms with E-state index in [0.29, 0.717) is 16.0 Å². The Morgan fingerprint density at radius 1 is 1.25 bits per heavy atom. The number of ether oxygens (including phenoxy) is 1. The van der Waals surface area contributed by atoms with E-state index in [0.717, 1.165) is 10.5 Å². The average molecular weight is 457 g/mol. The molecule has 0 aliphatic carbocycles. The number of nitrogens with zero attached hydrogens (tertiary/aromatic N) is 1. The summed E-state index contributed by atoms with van der Waals surface area (Å²) < 4.78 is 11.6. The van der Waals surface area contributed by atoms with Gasteiger partial charge in [-0.25, -0.2) is 0 Å². The van der Waals surface area contributed by atoms with E-state index in [1.54, 1.807) is 25.1 Å². The first-order valence-corrected chi connectivity index (χ1v) is 10.3. The van der Waals surface area contributed by atoms with Crippen LogP contribution >= 0.6 is 11.6 Å². The van der Waals surface area contributed by atoms with Gasteiger partial charge < -0.3 is 24.5 Å². The highest BCUT2D eigenvalue weighted by atomic mass is 35.5. The minimum absolute atomic E-state index is 0.135. The first-order chi connectivity index (χ1) is 15.2. The van der Waals surface area contributed by atoms with Crippen LogP contribution in [0.5, 0.6) is 5.75 Å². The van der Waals surface area contributed by atoms with E-state index in [2.05, 4.69) is 5.32 Å². The fourth-order valence-electron chi connectivity index (χ4n) is 3.72. The van der Waals surface area contributed by atoms with Crippen molar-refractivity contribution >= 4 is 40.4 Å². The summed E-state index contributed by atoms with van der Waals surface area (Å²) in [5.74, 6) is -2.60. The summed E-state index contributed by atoms with van der Waals surface area (Å²) in [5, 5.41) is 13.2. The molecule has 8 nitrogen and oxygen atoms in total. The van der Waals surface area contributed by atoms with E-state index in [-0.39, 0.29) is 24.2 Å². The average Bonchev–Trinajstić information content (AvgIpc) is 3.08. The number of furan rings is 1. The second kappa shape index (κ2) is 8.20. The third-order valence-corrected chi connectivity index (χ3v) is 5.80. The van der Waals surface area contributed by atoms with Crippen LogP contribution < -0.4 is 10.1 Å². The Hall–Kier alpha value is -3.52. The van der Waals surface area contributed by atoms with Gasteiger partial charge in [0.05, 0.1) is 11.4 Å². The Balaban J connectivity index is 1.72. The number of rotatable bonds is 5. The molecule has 0 bridgehead atoms. The largest absolute Gasteiger partial charge is 0.486 e. The second-order valence-corrected chi connectivity index (χ2v) is 8.29. The standard InChI is InChI=1S/C23H21ClN2O6/c1-13(14-6-4-3-5-7-14)25-22(30)23(2)12-31-19-16-10-15(24)8-9-17(16)32-20(19)21(29)26(23)11-18(27)28/h3-10,13H,11-12H2,1-2H3,(H,25,30)(H,27,28)/t13-,23+/m0/s1. The lowest BCUT2D eigenvalue weighted by Gasteiger charge is -2.37. The van der Waals surface area contributed by atoms with Crippen molar-refractivity contribution < 1.29 is 28.6 Å². The molecule has 0 fully saturated rings. The fraction of sp³-hybridized carbons (Fsp3) is 0.261. The Bertz CT molecular complexity index is 1210. The smallest absolute Gasteiger partial charge is 0.323 e. The van der Waals surface area contributed by atoms with Crippen molar-refractivity contribution in [1.82, 2.24) is 10.2 Å². The predicted octanol–water partition coefficient (Wildman–Crippen LogP) is 3.64. The van der Waals surface area contributed by atoms with E-state index in [9.17, 15) is 19.5 Å². The number of nitrogens with one attached hydrogen (secondary N) is 1. The number of carbonyl (C=O) groups is 3. The molecule has 2 heterocycles. The van der Waals surface area contributed by atoms with E-state index in [1.165, 1.54) is 6.92 Å². The lowest BCUT2D eigenvalue weighted by Crippen LogP contribution is -2.62. The maximum atomic E-state index is 13.4. The predicted molar refractivity (Wildman–Crippen MR) is 117 cm³/mol. The second-order valence-electron chi connectivity index (χ2n) is 7.85. The molecule has 32 heavy (non-hydrogen) atoms. The van der Waals surface area contributed by atoms with Crippen LogP contribution in [0.4, 0.5) is 0 Å². The van der Waals surface area contributed by atoms with Gasteiger partial charge in [0, 0.05) is 5.02 Å². The van der Waals surface area contributed by atoms with Gasteiger partial charge >= 0.3 is 5.97 Å². The molecule has 4 rings (SSSR count). The number of carboxylic acids is 1. The van der Waals surface area contributed by atoms with Crippen molar-refractivity contribution in [2.45, 2.75) is 25.4 Å². The zero-order valence-corrected chi connectivity index (χ0v) is 18.2. The molecule has 0 spiro atoms. The van der Waals surface area contributed by atoms with E-state index in [4.69, 9.17) is 20.8 Å². The number of carbonyl (C=O) groups excluding carboxylic acids is 2. The molecule has 2 aromatic carbocycles. The number of hydrogen-bond acceptors (Lipinski definition) is 5. The monoisotopic (exact) mass is 456 g/mol. The van der Waals surface area contributed by atoms with Crippen molar-refractivity contribution in [1.29, 1.82) is 0 Å². The molecule has 1 aliphatic rings. The van der Waals surface area contributed by atoms with Gasteiger partial charge in [0.1, 0.15) is 18.7 Å². The summed E-state index contributed by atoms with van der Waals surface area (Å²) >= 11 is 6.08. The van der Waals surface area contributed by atoms with E-state index in [1.807, 2.05) is 30.3 Å². The molecule has 1 aromatic heterocycles. The number of fused-ring (bicyclic) bond motifs is 3. The normalized spacial score (nSPS) is 19.1. The Kier molecular flexibility index (Phi) is 5.56. The molecule has 166 valence electrons. The molecule has 0 saturated carbocycles. The number of benzene rings is 2. The number of halogens is 1. The molecule has 0 radical (unpaired) electrons. The molecular formula is C23H21ClN2O6. The highest BCUT2D eigenvalue weighted by molar-refractivity contribution is 6.31. The Morgan fingerprint density at radius 2 is 1.97 bits per heavy atom. The maximum Gasteiger partial charge on any atom is 0.323 e. The van der Waals surface area contributed by atoms with Crippen LogP contribution in [0, 0.1) is 0 Å². The first kappa shape index (κ1) is 21.7. The van der Waals surface area contributed by atoms with Gasteiger partial charge in [-0.3, -0.25) is 14.4 Å². The van der Waals surface area contributed by atoms with Gasteiger partial charge in [-0.1, -0.05) is 41.9 Å². The van der Waals surface area contributed by atoms with Crippen molar-refractivity contribution in [3.05, 3.63) is 64.9 Å². The summed E-state index contributed by atoms with van der Waals surface area (Å²) in [6, 6.07) is 13.7. The summed E-state index contributed by atoms with van der Waals surface area (Å²) in [7, 11) is 0. The van der Waals surface area contributed by atoms with E-state index >= 15 is 0 Å². The number of amides is 2. The number of hydrogen-bond donors (Lipinski definition) is 2. The van der Waals surface area contributed by atoms with Gasteiger partial charge in [-0.15, -0.1) is 0 Å². The van der Waals surface area contributed by atoms with Gasteiger partial charge in [0.2, 0.25) is 11.7 Å². The fourth-order valence-corrected chi connectivity index (χ4v) is 3.89. The molecule has 2 N–H and O–H groups in total. The number of carboxylic acid groups (broad SMARTS) is 1. The Morgan fingerprint density at radius 3 is 2.66 bits per heavy atom. The van der Waals surface area contributed by atoms with Crippen LogP contribution in [-0.4, -0.2) is 46.5 Å². The maximum absolute atomic E-state index is 13.4. The third-order valence-electron chi connectivity index (χ3n) is 5.57. The van der Waals surface area contributed by atoms with Crippen molar-refractivity contribution in [2.75, 3.05) is 13.2 Å². The van der Waals surface area contributed by atoms with Crippen molar-refractivity contribution in [3.8, 4) is 5.75 Å². The lowest BCUT2D eigenvalue weighted by molar-refractivity contribution is -0.142. The minimum atomic E-state index is -1.61. The van der Waals surface area contributed by atoms with Crippen molar-refractivity contribution in [2.24, 2.45) is 0 Å². The van der Waals surface area contributed by atoms with Gasteiger partial charge in [-0.2, -0.15) is 0 Å². The Labute approximate surface area is 188 Å². The summed E-state index contributed by atoms with van der Waals surface area (Å²) in [6.45, 7) is 2.30. The summed E-state index contributed by atoms with van der Waals surface area (Å²) in [4.78, 5) is 39.3. The van der Waals surface area contributed by atoms with Crippen LogP contribution in [0.1, 0.15) is 36.0 Å². The molecule has 3 aromatic rings. The lowest BCUT2D eigenvalue weighted by atomic mass is 9.97. The summed E-state index contributed by atoms with van der Waals surface area (Å²) in [6.07, 6.45) is 0. The minimum Gasteiger partial charge on any atom is -0.486 e.